The van der Waals surface area contributed by atoms with E-state index in [4.69, 9.17) is 11.2 Å². The molecule has 198 valence electrons. The SMILES string of the molecule is C#CCCOc1ccc(C2c3[nH]c4ccc(C)cc4c3CCC2C(=O)C(Cc2ccccc2)NC(C)=O)cc1. The van der Waals surface area contributed by atoms with Gasteiger partial charge in [0.1, 0.15) is 5.75 Å². The molecule has 0 radical (unpaired) electrons. The molecule has 0 aliphatic heterocycles. The number of rotatable bonds is 9. The monoisotopic (exact) mass is 518 g/mol. The highest BCUT2D eigenvalue weighted by Crippen LogP contribution is 2.44. The summed E-state index contributed by atoms with van der Waals surface area (Å²) < 4.78 is 5.78. The molecule has 4 aromatic rings. The van der Waals surface area contributed by atoms with E-state index in [0.29, 0.717) is 25.9 Å². The Balaban J connectivity index is 1.54. The van der Waals surface area contributed by atoms with Crippen molar-refractivity contribution in [2.24, 2.45) is 5.92 Å². The fourth-order valence-corrected chi connectivity index (χ4v) is 5.87. The van der Waals surface area contributed by atoms with E-state index in [1.807, 2.05) is 54.6 Å². The van der Waals surface area contributed by atoms with Crippen LogP contribution in [0.5, 0.6) is 5.75 Å². The predicted octanol–water partition coefficient (Wildman–Crippen LogP) is 5.89. The van der Waals surface area contributed by atoms with Gasteiger partial charge >= 0.3 is 0 Å². The van der Waals surface area contributed by atoms with Gasteiger partial charge in [-0.25, -0.2) is 0 Å². The molecule has 39 heavy (non-hydrogen) atoms. The standard InChI is InChI=1S/C34H34N2O3/c1-4-5-19-39-26-14-12-25(13-15-26)32-28(17-16-27-29-20-22(2)11-18-30(29)36-33(27)32)34(38)31(35-23(3)37)21-24-9-7-6-8-10-24/h1,6-15,18,20,28,31-32,36H,5,16-17,19,21H2,2-3H3,(H,35,37). The summed E-state index contributed by atoms with van der Waals surface area (Å²) in [5, 5.41) is 4.18. The van der Waals surface area contributed by atoms with Gasteiger partial charge in [-0.1, -0.05) is 54.1 Å². The lowest BCUT2D eigenvalue weighted by Gasteiger charge is -2.34. The van der Waals surface area contributed by atoms with E-state index in [1.54, 1.807) is 0 Å². The van der Waals surface area contributed by atoms with Gasteiger partial charge in [-0.15, -0.1) is 12.3 Å². The van der Waals surface area contributed by atoms with Gasteiger partial charge in [0.15, 0.2) is 5.78 Å². The summed E-state index contributed by atoms with van der Waals surface area (Å²) in [6.07, 6.45) is 7.88. The van der Waals surface area contributed by atoms with E-state index in [1.165, 1.54) is 23.4 Å². The third-order valence-electron chi connectivity index (χ3n) is 7.64. The highest BCUT2D eigenvalue weighted by atomic mass is 16.5. The maximum atomic E-state index is 14.3. The normalized spacial score (nSPS) is 17.2. The number of fused-ring (bicyclic) bond motifs is 3. The largest absolute Gasteiger partial charge is 0.493 e. The molecular weight excluding hydrogens is 484 g/mol. The lowest BCUT2D eigenvalue weighted by atomic mass is 9.71. The molecule has 0 bridgehead atoms. The van der Waals surface area contributed by atoms with Crippen molar-refractivity contribution < 1.29 is 14.3 Å². The van der Waals surface area contributed by atoms with E-state index >= 15 is 0 Å². The second-order valence-electron chi connectivity index (χ2n) is 10.4. The Kier molecular flexibility index (Phi) is 7.84. The Morgan fingerprint density at radius 2 is 1.87 bits per heavy atom. The molecule has 0 saturated heterocycles. The van der Waals surface area contributed by atoms with Crippen LogP contribution < -0.4 is 10.1 Å². The Bertz CT molecular complexity index is 1510. The molecule has 5 rings (SSSR count). The molecule has 2 N–H and O–H groups in total. The first-order chi connectivity index (χ1) is 18.9. The molecule has 3 unspecified atom stereocenters. The zero-order valence-corrected chi connectivity index (χ0v) is 22.5. The van der Waals surface area contributed by atoms with Crippen LogP contribution in [0.4, 0.5) is 0 Å². The van der Waals surface area contributed by atoms with Gasteiger partial charge < -0.3 is 15.0 Å². The van der Waals surface area contributed by atoms with Crippen molar-refractivity contribution in [2.75, 3.05) is 6.61 Å². The van der Waals surface area contributed by atoms with Crippen molar-refractivity contribution in [3.05, 3.63) is 101 Å². The highest BCUT2D eigenvalue weighted by Gasteiger charge is 2.40. The number of benzene rings is 3. The van der Waals surface area contributed by atoms with Crippen molar-refractivity contribution in [1.29, 1.82) is 0 Å². The van der Waals surface area contributed by atoms with E-state index in [9.17, 15) is 9.59 Å². The number of H-pyrrole nitrogens is 1. The minimum Gasteiger partial charge on any atom is -0.493 e. The topological polar surface area (TPSA) is 71.2 Å². The average molecular weight is 519 g/mol. The minimum absolute atomic E-state index is 0.0638. The highest BCUT2D eigenvalue weighted by molar-refractivity contribution is 5.93. The molecule has 0 spiro atoms. The molecule has 1 heterocycles. The van der Waals surface area contributed by atoms with Gasteiger partial charge in [0.05, 0.1) is 12.6 Å². The summed E-state index contributed by atoms with van der Waals surface area (Å²) >= 11 is 0. The van der Waals surface area contributed by atoms with Crippen LogP contribution in [0.2, 0.25) is 0 Å². The van der Waals surface area contributed by atoms with Gasteiger partial charge in [-0.05, 0) is 67.1 Å². The molecule has 0 fully saturated rings. The lowest BCUT2D eigenvalue weighted by Crippen LogP contribution is -2.46. The lowest BCUT2D eigenvalue weighted by molar-refractivity contribution is -0.129. The van der Waals surface area contributed by atoms with Crippen molar-refractivity contribution >= 4 is 22.6 Å². The first-order valence-corrected chi connectivity index (χ1v) is 13.6. The molecule has 1 aliphatic carbocycles. The summed E-state index contributed by atoms with van der Waals surface area (Å²) in [6.45, 7) is 4.04. The number of aromatic amines is 1. The Morgan fingerprint density at radius 3 is 2.59 bits per heavy atom. The van der Waals surface area contributed by atoms with E-state index in [0.717, 1.165) is 34.5 Å². The van der Waals surface area contributed by atoms with Gasteiger partial charge in [0, 0.05) is 41.8 Å². The van der Waals surface area contributed by atoms with Gasteiger partial charge in [0.25, 0.3) is 0 Å². The summed E-state index contributed by atoms with van der Waals surface area (Å²) in [5.41, 5.74) is 6.72. The Labute approximate surface area is 230 Å². The number of hydrogen-bond donors (Lipinski definition) is 2. The molecule has 5 nitrogen and oxygen atoms in total. The third kappa shape index (κ3) is 5.76. The van der Waals surface area contributed by atoms with E-state index < -0.39 is 6.04 Å². The molecule has 3 aromatic carbocycles. The van der Waals surface area contributed by atoms with Gasteiger partial charge in [-0.2, -0.15) is 0 Å². The number of nitrogens with one attached hydrogen (secondary N) is 2. The van der Waals surface area contributed by atoms with Crippen LogP contribution in [0.15, 0.2) is 72.8 Å². The number of hydrogen-bond acceptors (Lipinski definition) is 3. The fraction of sp³-hybridized carbons (Fsp3) is 0.294. The Morgan fingerprint density at radius 1 is 1.10 bits per heavy atom. The second-order valence-corrected chi connectivity index (χ2v) is 10.4. The number of ether oxygens (including phenoxy) is 1. The van der Waals surface area contributed by atoms with Gasteiger partial charge in [0.2, 0.25) is 5.91 Å². The summed E-state index contributed by atoms with van der Waals surface area (Å²) in [7, 11) is 0. The van der Waals surface area contributed by atoms with E-state index in [2.05, 4.69) is 41.3 Å². The minimum atomic E-state index is -0.600. The fourth-order valence-electron chi connectivity index (χ4n) is 5.87. The summed E-state index contributed by atoms with van der Waals surface area (Å²) in [4.78, 5) is 30.1. The van der Waals surface area contributed by atoms with Crippen molar-refractivity contribution in [2.45, 2.75) is 51.5 Å². The van der Waals surface area contributed by atoms with Crippen LogP contribution in [0.3, 0.4) is 0 Å². The van der Waals surface area contributed by atoms with Crippen molar-refractivity contribution in [3.63, 3.8) is 0 Å². The number of aryl methyl sites for hydroxylation is 2. The first kappa shape index (κ1) is 26.3. The molecule has 5 heteroatoms. The quantitative estimate of drug-likeness (QED) is 0.214. The van der Waals surface area contributed by atoms with Crippen LogP contribution in [0, 0.1) is 25.2 Å². The number of carbonyl (C=O) groups excluding carboxylic acids is 2. The number of carbonyl (C=O) groups is 2. The van der Waals surface area contributed by atoms with Crippen LogP contribution in [-0.2, 0) is 22.4 Å². The first-order valence-electron chi connectivity index (χ1n) is 13.6. The van der Waals surface area contributed by atoms with E-state index in [-0.39, 0.29) is 23.5 Å². The van der Waals surface area contributed by atoms with Crippen LogP contribution in [0.1, 0.15) is 53.6 Å². The summed E-state index contributed by atoms with van der Waals surface area (Å²) in [5.74, 6) is 2.75. The molecular formula is C34H34N2O3. The molecule has 0 saturated carbocycles. The summed E-state index contributed by atoms with van der Waals surface area (Å²) in [6, 6.07) is 23.7. The number of ketones is 1. The maximum Gasteiger partial charge on any atom is 0.217 e. The predicted molar refractivity (Wildman–Crippen MR) is 155 cm³/mol. The molecule has 1 aromatic heterocycles. The van der Waals surface area contributed by atoms with Crippen molar-refractivity contribution in [1.82, 2.24) is 10.3 Å². The number of terminal acetylenes is 1. The Hall–Kier alpha value is -4.30. The number of amides is 1. The molecule has 3 atom stereocenters. The van der Waals surface area contributed by atoms with Crippen LogP contribution >= 0.6 is 0 Å². The third-order valence-corrected chi connectivity index (χ3v) is 7.64. The molecule has 1 aliphatic rings. The average Bonchev–Trinajstić information content (AvgIpc) is 3.30. The molecule has 1 amide bonds. The zero-order valence-electron chi connectivity index (χ0n) is 22.5. The smallest absolute Gasteiger partial charge is 0.217 e. The van der Waals surface area contributed by atoms with Crippen molar-refractivity contribution in [3.8, 4) is 18.1 Å². The maximum absolute atomic E-state index is 14.3. The number of aromatic nitrogens is 1. The zero-order chi connectivity index (χ0) is 27.4. The second kappa shape index (κ2) is 11.6. The van der Waals surface area contributed by atoms with Gasteiger partial charge in [-0.3, -0.25) is 9.59 Å². The van der Waals surface area contributed by atoms with Crippen LogP contribution in [-0.4, -0.2) is 29.3 Å². The number of Topliss-reactive ketones (excluding diaryl/α,β-unsaturated/α-hetero) is 1. The van der Waals surface area contributed by atoms with Crippen LogP contribution in [0.25, 0.3) is 10.9 Å².